The lowest BCUT2D eigenvalue weighted by atomic mass is 10.1. The molecule has 0 radical (unpaired) electrons. The number of amides is 1. The summed E-state index contributed by atoms with van der Waals surface area (Å²) in [5.74, 6) is 0.399. The van der Waals surface area contributed by atoms with Crippen molar-refractivity contribution in [1.82, 2.24) is 15.5 Å². The van der Waals surface area contributed by atoms with Gasteiger partial charge in [-0.1, -0.05) is 12.1 Å². The Labute approximate surface area is 156 Å². The van der Waals surface area contributed by atoms with Crippen molar-refractivity contribution < 1.29 is 27.1 Å². The van der Waals surface area contributed by atoms with Crippen LogP contribution in [0.5, 0.6) is 0 Å². The lowest BCUT2D eigenvalue weighted by Crippen LogP contribution is -2.18. The van der Waals surface area contributed by atoms with Crippen molar-refractivity contribution in [3.8, 4) is 11.5 Å². The summed E-state index contributed by atoms with van der Waals surface area (Å²) >= 11 is 0. The molecule has 3 aromatic rings. The van der Waals surface area contributed by atoms with Crippen LogP contribution in [0.2, 0.25) is 0 Å². The van der Waals surface area contributed by atoms with Crippen LogP contribution in [0, 0.1) is 0 Å². The molecular weight excluding hydrogens is 377 g/mol. The Hall–Kier alpha value is -3.56. The van der Waals surface area contributed by atoms with Crippen LogP contribution in [0.15, 0.2) is 52.9 Å². The van der Waals surface area contributed by atoms with Crippen molar-refractivity contribution >= 4 is 17.5 Å². The predicted octanol–water partition coefficient (Wildman–Crippen LogP) is 4.28. The molecule has 1 aromatic heterocycles. The van der Waals surface area contributed by atoms with Gasteiger partial charge < -0.3 is 19.8 Å². The molecule has 2 N–H and O–H groups in total. The van der Waals surface area contributed by atoms with Gasteiger partial charge in [0.1, 0.15) is 12.6 Å². The highest BCUT2D eigenvalue weighted by atomic mass is 19.4. The molecule has 2 aromatic carbocycles. The Morgan fingerprint density at radius 3 is 2.50 bits per heavy atom. The van der Waals surface area contributed by atoms with Crippen molar-refractivity contribution in [2.45, 2.75) is 12.2 Å². The van der Waals surface area contributed by atoms with Gasteiger partial charge in [-0.2, -0.15) is 13.2 Å². The Morgan fingerprint density at radius 2 is 1.82 bits per heavy atom. The zero-order valence-electron chi connectivity index (χ0n) is 14.2. The van der Waals surface area contributed by atoms with Crippen molar-refractivity contribution in [2.24, 2.45) is 0 Å². The number of rotatable bonds is 4. The number of nitrogens with zero attached hydrogens (tertiary/aromatic N) is 2. The summed E-state index contributed by atoms with van der Waals surface area (Å²) in [7, 11) is 0. The van der Waals surface area contributed by atoms with Crippen molar-refractivity contribution in [2.75, 3.05) is 11.9 Å². The SMILES string of the molecule is O=C1N[C@H](c2nnc(-c3ccccc3Nc3ccc(C(F)(F)F)cc3)o2)CO1. The largest absolute Gasteiger partial charge is 0.447 e. The van der Waals surface area contributed by atoms with E-state index < -0.39 is 23.9 Å². The number of para-hydroxylation sites is 1. The molecule has 0 spiro atoms. The van der Waals surface area contributed by atoms with Gasteiger partial charge in [0.25, 0.3) is 0 Å². The van der Waals surface area contributed by atoms with E-state index in [0.717, 1.165) is 12.1 Å². The number of aromatic nitrogens is 2. The maximum absolute atomic E-state index is 12.7. The fraction of sp³-hybridized carbons (Fsp3) is 0.167. The zero-order valence-corrected chi connectivity index (χ0v) is 14.2. The number of hydrogen-bond donors (Lipinski definition) is 2. The molecule has 10 heteroatoms. The second-order valence-corrected chi connectivity index (χ2v) is 5.99. The number of halogens is 3. The predicted molar refractivity (Wildman–Crippen MR) is 91.7 cm³/mol. The van der Waals surface area contributed by atoms with Crippen molar-refractivity contribution in [3.05, 3.63) is 60.0 Å². The first-order chi connectivity index (χ1) is 13.4. The average Bonchev–Trinajstić information content (AvgIpc) is 3.31. The van der Waals surface area contributed by atoms with Crippen LogP contribution in [-0.4, -0.2) is 22.9 Å². The van der Waals surface area contributed by atoms with Crippen LogP contribution in [0.4, 0.5) is 29.3 Å². The Morgan fingerprint density at radius 1 is 1.07 bits per heavy atom. The van der Waals surface area contributed by atoms with E-state index in [4.69, 9.17) is 9.15 Å². The van der Waals surface area contributed by atoms with E-state index in [1.807, 2.05) is 0 Å². The van der Waals surface area contributed by atoms with Crippen LogP contribution in [-0.2, 0) is 10.9 Å². The number of cyclic esters (lactones) is 1. The molecule has 144 valence electrons. The highest BCUT2D eigenvalue weighted by Gasteiger charge is 2.30. The van der Waals surface area contributed by atoms with Crippen LogP contribution in [0.3, 0.4) is 0 Å². The van der Waals surface area contributed by atoms with Gasteiger partial charge in [-0.3, -0.25) is 0 Å². The molecule has 28 heavy (non-hydrogen) atoms. The summed E-state index contributed by atoms with van der Waals surface area (Å²) < 4.78 is 48.5. The summed E-state index contributed by atoms with van der Waals surface area (Å²) in [4.78, 5) is 11.1. The summed E-state index contributed by atoms with van der Waals surface area (Å²) in [6.45, 7) is 0.0892. The van der Waals surface area contributed by atoms with E-state index in [9.17, 15) is 18.0 Å². The highest BCUT2D eigenvalue weighted by molar-refractivity contribution is 5.76. The number of alkyl carbamates (subject to hydrolysis) is 1. The Balaban J connectivity index is 1.58. The Bertz CT molecular complexity index is 1000. The van der Waals surface area contributed by atoms with Gasteiger partial charge in [0.05, 0.1) is 16.8 Å². The average molecular weight is 390 g/mol. The molecular formula is C18H13F3N4O3. The van der Waals surface area contributed by atoms with Crippen LogP contribution >= 0.6 is 0 Å². The number of ether oxygens (including phenoxy) is 1. The minimum absolute atomic E-state index is 0.0892. The summed E-state index contributed by atoms with van der Waals surface area (Å²) in [6.07, 6.45) is -4.95. The molecule has 0 saturated carbocycles. The maximum atomic E-state index is 12.7. The van der Waals surface area contributed by atoms with E-state index >= 15 is 0 Å². The number of carbonyl (C=O) groups excluding carboxylic acids is 1. The molecule has 1 fully saturated rings. The smallest absolute Gasteiger partial charge is 0.416 e. The van der Waals surface area contributed by atoms with E-state index in [0.29, 0.717) is 16.9 Å². The lowest BCUT2D eigenvalue weighted by Gasteiger charge is -2.11. The highest BCUT2D eigenvalue weighted by Crippen LogP contribution is 2.33. The first kappa shape index (κ1) is 17.8. The quantitative estimate of drug-likeness (QED) is 0.691. The molecule has 1 saturated heterocycles. The normalized spacial score (nSPS) is 16.5. The molecule has 7 nitrogen and oxygen atoms in total. The first-order valence-electron chi connectivity index (χ1n) is 8.20. The number of benzene rings is 2. The molecule has 0 bridgehead atoms. The molecule has 0 unspecified atom stereocenters. The van der Waals surface area contributed by atoms with Gasteiger partial charge in [-0.25, -0.2) is 4.79 Å². The second-order valence-electron chi connectivity index (χ2n) is 5.99. The number of anilines is 2. The fourth-order valence-electron chi connectivity index (χ4n) is 2.68. The zero-order chi connectivity index (χ0) is 19.7. The third-order valence-corrected chi connectivity index (χ3v) is 4.06. The number of alkyl halides is 3. The van der Waals surface area contributed by atoms with Gasteiger partial charge in [-0.05, 0) is 36.4 Å². The minimum Gasteiger partial charge on any atom is -0.447 e. The third-order valence-electron chi connectivity index (χ3n) is 4.06. The number of nitrogens with one attached hydrogen (secondary N) is 2. The summed E-state index contributed by atoms with van der Waals surface area (Å²) in [5, 5.41) is 13.5. The van der Waals surface area contributed by atoms with Crippen LogP contribution in [0.25, 0.3) is 11.5 Å². The van der Waals surface area contributed by atoms with Gasteiger partial charge in [-0.15, -0.1) is 10.2 Å². The van der Waals surface area contributed by atoms with E-state index in [1.54, 1.807) is 24.3 Å². The van der Waals surface area contributed by atoms with Gasteiger partial charge in [0, 0.05) is 5.69 Å². The maximum Gasteiger partial charge on any atom is 0.416 e. The molecule has 0 aliphatic carbocycles. The number of carbonyl (C=O) groups is 1. The van der Waals surface area contributed by atoms with Gasteiger partial charge >= 0.3 is 12.3 Å². The van der Waals surface area contributed by atoms with E-state index in [-0.39, 0.29) is 18.4 Å². The first-order valence-corrected chi connectivity index (χ1v) is 8.20. The van der Waals surface area contributed by atoms with E-state index in [2.05, 4.69) is 20.8 Å². The van der Waals surface area contributed by atoms with Crippen LogP contribution in [0.1, 0.15) is 17.5 Å². The minimum atomic E-state index is -4.39. The molecule has 1 amide bonds. The summed E-state index contributed by atoms with van der Waals surface area (Å²) in [6, 6.07) is 11.1. The van der Waals surface area contributed by atoms with Crippen molar-refractivity contribution in [1.29, 1.82) is 0 Å². The topological polar surface area (TPSA) is 89.3 Å². The number of hydrogen-bond acceptors (Lipinski definition) is 6. The van der Waals surface area contributed by atoms with E-state index in [1.165, 1.54) is 12.1 Å². The molecule has 1 aliphatic rings. The second kappa shape index (κ2) is 6.87. The lowest BCUT2D eigenvalue weighted by molar-refractivity contribution is -0.137. The standard InChI is InChI=1S/C18H13F3N4O3/c19-18(20,21)10-5-7-11(8-6-10)22-13-4-2-1-3-12(13)15-24-25-16(28-15)14-9-27-17(26)23-14/h1-8,14,22H,9H2,(H,23,26)/t14-/m0/s1. The summed E-state index contributed by atoms with van der Waals surface area (Å²) in [5.41, 5.74) is 0.876. The third kappa shape index (κ3) is 3.61. The molecule has 2 heterocycles. The van der Waals surface area contributed by atoms with Gasteiger partial charge in [0.2, 0.25) is 11.8 Å². The Kier molecular flexibility index (Phi) is 4.38. The molecule has 1 atom stereocenters. The molecule has 1 aliphatic heterocycles. The fourth-order valence-corrected chi connectivity index (χ4v) is 2.68. The monoisotopic (exact) mass is 390 g/mol. The molecule has 4 rings (SSSR count). The van der Waals surface area contributed by atoms with Gasteiger partial charge in [0.15, 0.2) is 0 Å². The van der Waals surface area contributed by atoms with Crippen molar-refractivity contribution in [3.63, 3.8) is 0 Å². The van der Waals surface area contributed by atoms with Crippen LogP contribution < -0.4 is 10.6 Å².